The van der Waals surface area contributed by atoms with Crippen molar-refractivity contribution in [2.24, 2.45) is 5.92 Å². The van der Waals surface area contributed by atoms with Crippen LogP contribution in [-0.4, -0.2) is 37.6 Å². The highest BCUT2D eigenvalue weighted by atomic mass is 32.1. The minimum Gasteiger partial charge on any atom is -0.494 e. The standard InChI is InChI=1S/C33H29N5O4S/c1-21(2)16-17-40-25-14-12-22(13-15-25)30-23(19-37(35-30)24-8-4-3-5-9-24)18-29-32(39)38-33(43-29)34-31(36-38)28-20-41-26-10-6-7-11-27(26)42-28/h3-15,18-19,21,28H,16-17,20H2,1-2H3. The maximum absolute atomic E-state index is 13.5. The molecule has 216 valence electrons. The Kier molecular flexibility index (Phi) is 7.12. The third-order valence-corrected chi connectivity index (χ3v) is 8.10. The van der Waals surface area contributed by atoms with E-state index in [1.807, 2.05) is 95.8 Å². The minimum absolute atomic E-state index is 0.247. The third kappa shape index (κ3) is 5.49. The molecule has 6 aromatic rings. The Balaban J connectivity index is 1.22. The van der Waals surface area contributed by atoms with Crippen LogP contribution >= 0.6 is 11.3 Å². The highest BCUT2D eigenvalue weighted by Gasteiger charge is 2.27. The van der Waals surface area contributed by atoms with Gasteiger partial charge in [0.05, 0.1) is 16.8 Å². The SMILES string of the molecule is CC(C)CCOc1ccc(-c2nn(-c3ccccc3)cc2C=c2sc3nc(C4COc5ccccc5O4)nn3c2=O)cc1. The van der Waals surface area contributed by atoms with E-state index in [2.05, 4.69) is 23.9 Å². The predicted molar refractivity (Wildman–Crippen MR) is 165 cm³/mol. The van der Waals surface area contributed by atoms with Crippen LogP contribution in [0, 0.1) is 5.92 Å². The summed E-state index contributed by atoms with van der Waals surface area (Å²) in [5, 5.41) is 9.40. The number of aromatic nitrogens is 5. The Labute approximate surface area is 251 Å². The fourth-order valence-electron chi connectivity index (χ4n) is 4.83. The maximum Gasteiger partial charge on any atom is 0.291 e. The molecule has 10 heteroatoms. The number of para-hydroxylation sites is 3. The number of nitrogens with zero attached hydrogens (tertiary/aromatic N) is 5. The average Bonchev–Trinajstić information content (AvgIpc) is 3.72. The van der Waals surface area contributed by atoms with Crippen molar-refractivity contribution < 1.29 is 14.2 Å². The van der Waals surface area contributed by atoms with E-state index in [0.29, 0.717) is 39.3 Å². The van der Waals surface area contributed by atoms with E-state index in [4.69, 9.17) is 19.3 Å². The largest absolute Gasteiger partial charge is 0.494 e. The molecule has 0 bridgehead atoms. The first kappa shape index (κ1) is 26.9. The summed E-state index contributed by atoms with van der Waals surface area (Å²) >= 11 is 1.28. The fourth-order valence-corrected chi connectivity index (χ4v) is 5.73. The number of hydrogen-bond acceptors (Lipinski definition) is 8. The van der Waals surface area contributed by atoms with Crippen LogP contribution in [0.15, 0.2) is 89.9 Å². The van der Waals surface area contributed by atoms with Crippen LogP contribution in [0.2, 0.25) is 0 Å². The molecule has 0 radical (unpaired) electrons. The summed E-state index contributed by atoms with van der Waals surface area (Å²) < 4.78 is 21.4. The predicted octanol–water partition coefficient (Wildman–Crippen LogP) is 5.49. The summed E-state index contributed by atoms with van der Waals surface area (Å²) in [6.07, 6.45) is 4.29. The number of benzene rings is 3. The normalized spacial score (nSPS) is 15.0. The number of thiazole rings is 1. The van der Waals surface area contributed by atoms with E-state index >= 15 is 0 Å². The second-order valence-corrected chi connectivity index (χ2v) is 11.7. The molecule has 3 aromatic carbocycles. The molecule has 1 atom stereocenters. The van der Waals surface area contributed by atoms with E-state index in [1.165, 1.54) is 15.9 Å². The zero-order chi connectivity index (χ0) is 29.3. The Morgan fingerprint density at radius 1 is 1.00 bits per heavy atom. The molecule has 43 heavy (non-hydrogen) atoms. The Morgan fingerprint density at radius 3 is 2.53 bits per heavy atom. The summed E-state index contributed by atoms with van der Waals surface area (Å²) in [5.41, 5.74) is 3.15. The van der Waals surface area contributed by atoms with Gasteiger partial charge in [-0.1, -0.05) is 55.5 Å². The quantitative estimate of drug-likeness (QED) is 0.231. The van der Waals surface area contributed by atoms with Crippen LogP contribution in [0.4, 0.5) is 0 Å². The number of rotatable bonds is 8. The second kappa shape index (κ2) is 11.4. The van der Waals surface area contributed by atoms with Gasteiger partial charge < -0.3 is 14.2 Å². The minimum atomic E-state index is -0.498. The number of ether oxygens (including phenoxy) is 3. The van der Waals surface area contributed by atoms with Crippen LogP contribution < -0.4 is 24.3 Å². The summed E-state index contributed by atoms with van der Waals surface area (Å²) in [7, 11) is 0. The molecule has 9 nitrogen and oxygen atoms in total. The first-order valence-corrected chi connectivity index (χ1v) is 15.0. The van der Waals surface area contributed by atoms with Crippen molar-refractivity contribution in [2.75, 3.05) is 13.2 Å². The monoisotopic (exact) mass is 591 g/mol. The number of hydrogen-bond donors (Lipinski definition) is 0. The molecular formula is C33H29N5O4S. The van der Waals surface area contributed by atoms with E-state index in [-0.39, 0.29) is 12.2 Å². The molecular weight excluding hydrogens is 562 g/mol. The van der Waals surface area contributed by atoms with E-state index in [9.17, 15) is 4.79 Å². The molecule has 1 aliphatic heterocycles. The molecule has 0 fully saturated rings. The van der Waals surface area contributed by atoms with Crippen LogP contribution in [0.3, 0.4) is 0 Å². The highest BCUT2D eigenvalue weighted by molar-refractivity contribution is 7.15. The molecule has 1 aliphatic rings. The van der Waals surface area contributed by atoms with E-state index < -0.39 is 6.10 Å². The van der Waals surface area contributed by atoms with Gasteiger partial charge in [-0.15, -0.1) is 5.10 Å². The zero-order valence-corrected chi connectivity index (χ0v) is 24.5. The summed E-state index contributed by atoms with van der Waals surface area (Å²) in [6.45, 7) is 5.31. The van der Waals surface area contributed by atoms with Gasteiger partial charge in [-0.3, -0.25) is 4.79 Å². The average molecular weight is 592 g/mol. The van der Waals surface area contributed by atoms with Crippen molar-refractivity contribution in [1.82, 2.24) is 24.4 Å². The van der Waals surface area contributed by atoms with Crippen LogP contribution in [-0.2, 0) is 0 Å². The molecule has 1 unspecified atom stereocenters. The lowest BCUT2D eigenvalue weighted by molar-refractivity contribution is 0.0852. The van der Waals surface area contributed by atoms with Crippen molar-refractivity contribution in [2.45, 2.75) is 26.4 Å². The Bertz CT molecular complexity index is 2000. The molecule has 7 rings (SSSR count). The first-order chi connectivity index (χ1) is 21.0. The Morgan fingerprint density at radius 2 is 1.77 bits per heavy atom. The van der Waals surface area contributed by atoms with Gasteiger partial charge in [0.2, 0.25) is 4.96 Å². The second-order valence-electron chi connectivity index (χ2n) is 10.7. The lowest BCUT2D eigenvalue weighted by Gasteiger charge is -2.24. The van der Waals surface area contributed by atoms with E-state index in [0.717, 1.165) is 34.7 Å². The van der Waals surface area contributed by atoms with Crippen molar-refractivity contribution in [3.05, 3.63) is 111 Å². The molecule has 0 spiro atoms. The van der Waals surface area contributed by atoms with Gasteiger partial charge in [0, 0.05) is 17.3 Å². The number of fused-ring (bicyclic) bond motifs is 2. The lowest BCUT2D eigenvalue weighted by Crippen LogP contribution is -2.26. The first-order valence-electron chi connectivity index (χ1n) is 14.2. The summed E-state index contributed by atoms with van der Waals surface area (Å²) in [5.74, 6) is 3.13. The molecule has 4 heterocycles. The van der Waals surface area contributed by atoms with Crippen LogP contribution in [0.1, 0.15) is 37.8 Å². The van der Waals surface area contributed by atoms with Crippen molar-refractivity contribution in [1.29, 1.82) is 0 Å². The molecule has 0 saturated heterocycles. The van der Waals surface area contributed by atoms with Gasteiger partial charge in [0.25, 0.3) is 5.56 Å². The van der Waals surface area contributed by atoms with Crippen molar-refractivity contribution >= 4 is 22.4 Å². The van der Waals surface area contributed by atoms with Gasteiger partial charge >= 0.3 is 0 Å². The summed E-state index contributed by atoms with van der Waals surface area (Å²) in [6, 6.07) is 25.3. The smallest absolute Gasteiger partial charge is 0.291 e. The fraction of sp³-hybridized carbons (Fsp3) is 0.212. The van der Waals surface area contributed by atoms with Gasteiger partial charge in [0.1, 0.15) is 18.1 Å². The van der Waals surface area contributed by atoms with Crippen LogP contribution in [0.5, 0.6) is 17.2 Å². The van der Waals surface area contributed by atoms with Crippen LogP contribution in [0.25, 0.3) is 28.0 Å². The maximum atomic E-state index is 13.5. The third-order valence-electron chi connectivity index (χ3n) is 7.14. The van der Waals surface area contributed by atoms with Crippen molar-refractivity contribution in [3.63, 3.8) is 0 Å². The molecule has 0 aliphatic carbocycles. The topological polar surface area (TPSA) is 92.8 Å². The van der Waals surface area contributed by atoms with Gasteiger partial charge in [-0.2, -0.15) is 14.6 Å². The van der Waals surface area contributed by atoms with Gasteiger partial charge in [-0.05, 0) is 66.9 Å². The van der Waals surface area contributed by atoms with Gasteiger partial charge in [-0.25, -0.2) is 4.68 Å². The molecule has 3 aromatic heterocycles. The zero-order valence-electron chi connectivity index (χ0n) is 23.7. The Hall–Kier alpha value is -4.96. The molecule has 0 N–H and O–H groups in total. The highest BCUT2D eigenvalue weighted by Crippen LogP contribution is 2.35. The lowest BCUT2D eigenvalue weighted by atomic mass is 10.1. The van der Waals surface area contributed by atoms with E-state index in [1.54, 1.807) is 0 Å². The summed E-state index contributed by atoms with van der Waals surface area (Å²) in [4.78, 5) is 18.6. The van der Waals surface area contributed by atoms with Gasteiger partial charge in [0.15, 0.2) is 23.4 Å². The molecule has 0 amide bonds. The van der Waals surface area contributed by atoms with Crippen molar-refractivity contribution in [3.8, 4) is 34.2 Å². The molecule has 0 saturated carbocycles.